The van der Waals surface area contributed by atoms with Gasteiger partial charge >= 0.3 is 5.91 Å². The number of ketones is 1. The van der Waals surface area contributed by atoms with E-state index in [1.165, 1.54) is 34.1 Å². The second kappa shape index (κ2) is 12.0. The third kappa shape index (κ3) is 5.05. The number of fused-ring (bicyclic) bond motifs is 2. The number of pyridine rings is 1. The lowest BCUT2D eigenvalue weighted by Crippen LogP contribution is -2.29. The monoisotopic (exact) mass is 649 g/mol. The highest BCUT2D eigenvalue weighted by Crippen LogP contribution is 2.46. The molecule has 1 fully saturated rings. The van der Waals surface area contributed by atoms with Crippen LogP contribution in [0.5, 0.6) is 11.5 Å². The second-order valence-corrected chi connectivity index (χ2v) is 12.8. The summed E-state index contributed by atoms with van der Waals surface area (Å²) < 4.78 is 7.91. The van der Waals surface area contributed by atoms with Crippen LogP contribution in [0, 0.1) is 6.92 Å². The Morgan fingerprint density at radius 1 is 1.02 bits per heavy atom. The highest BCUT2D eigenvalue weighted by atomic mass is 32.2. The predicted molar refractivity (Wildman–Crippen MR) is 177 cm³/mol. The zero-order chi connectivity index (χ0) is 31.9. The second-order valence-electron chi connectivity index (χ2n) is 10.6. The van der Waals surface area contributed by atoms with Crippen LogP contribution in [0.4, 0.5) is 5.13 Å². The van der Waals surface area contributed by atoms with Crippen molar-refractivity contribution in [3.63, 3.8) is 0 Å². The number of aliphatic hydroxyl groups is 1. The summed E-state index contributed by atoms with van der Waals surface area (Å²) in [5.74, 6) is -1.39. The number of benzene rings is 3. The number of anilines is 1. The van der Waals surface area contributed by atoms with Crippen molar-refractivity contribution < 1.29 is 24.5 Å². The van der Waals surface area contributed by atoms with E-state index in [2.05, 4.69) is 39.4 Å². The molecule has 1 amide bonds. The molecule has 0 spiro atoms. The first kappa shape index (κ1) is 29.5. The number of Topliss-reactive ketones (excluding diaryl/α,β-unsaturated/α-hetero) is 1. The van der Waals surface area contributed by atoms with Gasteiger partial charge in [-0.15, -0.1) is 10.2 Å². The molecule has 1 atom stereocenters. The summed E-state index contributed by atoms with van der Waals surface area (Å²) in [6, 6.07) is 23.2. The van der Waals surface area contributed by atoms with Gasteiger partial charge in [0, 0.05) is 11.9 Å². The number of aryl methyl sites for hydroxylation is 1. The van der Waals surface area contributed by atoms with Crippen LogP contribution in [-0.2, 0) is 15.3 Å². The number of aromatic nitrogens is 4. The van der Waals surface area contributed by atoms with E-state index in [9.17, 15) is 19.8 Å². The smallest absolute Gasteiger partial charge is 0.301 e. The molecule has 0 radical (unpaired) electrons. The highest BCUT2D eigenvalue weighted by molar-refractivity contribution is 8.00. The van der Waals surface area contributed by atoms with Crippen molar-refractivity contribution in [1.29, 1.82) is 0 Å². The minimum absolute atomic E-state index is 0.0942. The van der Waals surface area contributed by atoms with Gasteiger partial charge in [0.05, 0.1) is 23.9 Å². The first-order valence-electron chi connectivity index (χ1n) is 14.5. The maximum atomic E-state index is 13.8. The third-order valence-corrected chi connectivity index (χ3v) is 9.91. The number of aromatic hydroxyl groups is 1. The van der Waals surface area contributed by atoms with Crippen molar-refractivity contribution >= 4 is 62.1 Å². The number of imidazole rings is 1. The van der Waals surface area contributed by atoms with Gasteiger partial charge in [-0.05, 0) is 60.0 Å². The number of carbonyl (C=O) groups excluding carboxylic acids is 2. The maximum Gasteiger partial charge on any atom is 0.301 e. The normalized spacial score (nSPS) is 16.1. The summed E-state index contributed by atoms with van der Waals surface area (Å²) in [7, 11) is 0. The quantitative estimate of drug-likeness (QED) is 0.0610. The molecule has 1 aliphatic rings. The lowest BCUT2D eigenvalue weighted by molar-refractivity contribution is -0.132. The van der Waals surface area contributed by atoms with Gasteiger partial charge in [-0.2, -0.15) is 0 Å². The number of rotatable bonds is 8. The molecule has 1 aliphatic heterocycles. The fourth-order valence-corrected chi connectivity index (χ4v) is 7.63. The number of hydrogen-bond donors (Lipinski definition) is 2. The molecule has 46 heavy (non-hydrogen) atoms. The van der Waals surface area contributed by atoms with Crippen LogP contribution >= 0.6 is 23.1 Å². The van der Waals surface area contributed by atoms with Crippen LogP contribution in [0.15, 0.2) is 95.0 Å². The molecular formula is C34H27N5O5S2. The Labute approximate surface area is 271 Å². The molecule has 4 heterocycles. The van der Waals surface area contributed by atoms with Crippen LogP contribution in [-0.4, -0.2) is 48.1 Å². The van der Waals surface area contributed by atoms with Gasteiger partial charge in [0.25, 0.3) is 5.78 Å². The van der Waals surface area contributed by atoms with Crippen molar-refractivity contribution in [2.75, 3.05) is 11.5 Å². The average Bonchev–Trinajstić information content (AvgIpc) is 3.74. The number of nitrogens with zero attached hydrogens (tertiary/aromatic N) is 5. The molecule has 2 N–H and O–H groups in total. The summed E-state index contributed by atoms with van der Waals surface area (Å²) in [5, 5.41) is 33.4. The van der Waals surface area contributed by atoms with E-state index in [1.807, 2.05) is 24.3 Å². The lowest BCUT2D eigenvalue weighted by Gasteiger charge is -2.23. The van der Waals surface area contributed by atoms with Crippen LogP contribution in [0.2, 0.25) is 0 Å². The van der Waals surface area contributed by atoms with Crippen LogP contribution in [0.3, 0.4) is 0 Å². The van der Waals surface area contributed by atoms with Crippen LogP contribution < -0.4 is 9.64 Å². The molecule has 1 saturated heterocycles. The van der Waals surface area contributed by atoms with Gasteiger partial charge in [-0.3, -0.25) is 18.9 Å². The molecule has 0 saturated carbocycles. The summed E-state index contributed by atoms with van der Waals surface area (Å²) in [6.45, 7) is 3.79. The number of hydrogen-bond acceptors (Lipinski definition) is 10. The highest BCUT2D eigenvalue weighted by Gasteiger charge is 2.49. The number of phenolic OH excluding ortho intramolecular Hbond substituents is 1. The minimum Gasteiger partial charge on any atom is -0.505 e. The van der Waals surface area contributed by atoms with E-state index < -0.39 is 17.7 Å². The third-order valence-electron chi connectivity index (χ3n) is 7.81. The first-order chi connectivity index (χ1) is 22.4. The Hall–Kier alpha value is -5.20. The molecule has 230 valence electrons. The lowest BCUT2D eigenvalue weighted by atomic mass is 9.96. The van der Waals surface area contributed by atoms with Crippen molar-refractivity contribution in [2.45, 2.75) is 30.0 Å². The Morgan fingerprint density at radius 2 is 1.83 bits per heavy atom. The molecule has 7 rings (SSSR count). The number of aliphatic hydroxyl groups excluding tert-OH is 1. The molecular weight excluding hydrogens is 623 g/mol. The molecule has 3 aromatic carbocycles. The zero-order valence-corrected chi connectivity index (χ0v) is 26.4. The van der Waals surface area contributed by atoms with E-state index in [4.69, 9.17) is 4.74 Å². The molecule has 0 bridgehead atoms. The number of amides is 1. The Balaban J connectivity index is 1.32. The van der Waals surface area contributed by atoms with Gasteiger partial charge in [0.2, 0.25) is 5.13 Å². The van der Waals surface area contributed by atoms with E-state index >= 15 is 0 Å². The Morgan fingerprint density at radius 3 is 2.67 bits per heavy atom. The maximum absolute atomic E-state index is 13.8. The molecule has 1 unspecified atom stereocenters. The van der Waals surface area contributed by atoms with Crippen molar-refractivity contribution in [3.05, 3.63) is 113 Å². The minimum atomic E-state index is -1.09. The Kier molecular flexibility index (Phi) is 7.67. The van der Waals surface area contributed by atoms with Gasteiger partial charge in [0.15, 0.2) is 21.6 Å². The molecule has 6 aromatic rings. The molecule has 3 aromatic heterocycles. The summed E-state index contributed by atoms with van der Waals surface area (Å²) in [5.41, 5.74) is 2.80. The van der Waals surface area contributed by atoms with Gasteiger partial charge in [0.1, 0.15) is 11.3 Å². The van der Waals surface area contributed by atoms with E-state index in [0.29, 0.717) is 32.7 Å². The van der Waals surface area contributed by atoms with Crippen LogP contribution in [0.1, 0.15) is 35.5 Å². The number of phenols is 1. The summed E-state index contributed by atoms with van der Waals surface area (Å²) in [6.07, 6.45) is 1.73. The average molecular weight is 650 g/mol. The van der Waals surface area contributed by atoms with Gasteiger partial charge < -0.3 is 14.9 Å². The van der Waals surface area contributed by atoms with E-state index in [1.54, 1.807) is 48.7 Å². The zero-order valence-electron chi connectivity index (χ0n) is 24.7. The van der Waals surface area contributed by atoms with E-state index in [0.717, 1.165) is 16.3 Å². The standard InChI is InChI=1S/C34H27N5O5S2/c1-3-44-25-17-21(14-15-24(25)40)29-27(30(41)28-19(2)35-26-13-6-7-16-38(26)28)31(42)32(43)39(29)33-36-37-34(46-33)45-18-22-11-8-10-20-9-4-5-12-23(20)22/h4-17,29,40-41H,3,18H2,1-2H3. The predicted octanol–water partition coefficient (Wildman–Crippen LogP) is 6.67. The molecule has 10 nitrogen and oxygen atoms in total. The number of carbonyl (C=O) groups is 2. The summed E-state index contributed by atoms with van der Waals surface area (Å²) >= 11 is 2.67. The Bertz CT molecular complexity index is 2180. The first-order valence-corrected chi connectivity index (χ1v) is 16.3. The SMILES string of the molecule is CCOc1cc(C2C(=C(O)c3c(C)nc4ccccn34)C(=O)C(=O)N2c2nnc(SCc3cccc4ccccc34)s2)ccc1O. The molecule has 0 aliphatic carbocycles. The number of thioether (sulfide) groups is 1. The number of ether oxygens (including phenoxy) is 1. The fourth-order valence-electron chi connectivity index (χ4n) is 5.76. The fraction of sp³-hybridized carbons (Fsp3) is 0.147. The van der Waals surface area contributed by atoms with Gasteiger partial charge in [-0.1, -0.05) is 77.7 Å². The summed E-state index contributed by atoms with van der Waals surface area (Å²) in [4.78, 5) is 33.4. The largest absolute Gasteiger partial charge is 0.505 e. The van der Waals surface area contributed by atoms with Crippen LogP contribution in [0.25, 0.3) is 22.2 Å². The van der Waals surface area contributed by atoms with Crippen molar-refractivity contribution in [2.24, 2.45) is 0 Å². The van der Waals surface area contributed by atoms with Crippen molar-refractivity contribution in [3.8, 4) is 11.5 Å². The van der Waals surface area contributed by atoms with Gasteiger partial charge in [-0.25, -0.2) is 4.98 Å². The molecule has 12 heteroatoms. The topological polar surface area (TPSA) is 130 Å². The van der Waals surface area contributed by atoms with Crippen molar-refractivity contribution in [1.82, 2.24) is 19.6 Å². The van der Waals surface area contributed by atoms with E-state index in [-0.39, 0.29) is 34.6 Å².